The minimum absolute atomic E-state index is 0.0647. The zero-order chi connectivity index (χ0) is 12.4. The molecule has 0 amide bonds. The highest BCUT2D eigenvalue weighted by Crippen LogP contribution is 2.38. The van der Waals surface area contributed by atoms with E-state index in [1.54, 1.807) is 0 Å². The van der Waals surface area contributed by atoms with Crippen LogP contribution in [0.5, 0.6) is 0 Å². The van der Waals surface area contributed by atoms with E-state index in [2.05, 4.69) is 30.9 Å². The minimum atomic E-state index is -0.0946. The topological polar surface area (TPSA) is 29.3 Å². The van der Waals surface area contributed by atoms with E-state index in [-0.39, 0.29) is 24.1 Å². The van der Waals surface area contributed by atoms with Crippen LogP contribution in [0.1, 0.15) is 32.4 Å². The summed E-state index contributed by atoms with van der Waals surface area (Å²) in [5.41, 5.74) is 1.24. The van der Waals surface area contributed by atoms with Gasteiger partial charge < -0.3 is 4.74 Å². The van der Waals surface area contributed by atoms with E-state index in [1.807, 2.05) is 25.1 Å². The van der Waals surface area contributed by atoms with Crippen LogP contribution >= 0.6 is 0 Å². The molecule has 0 aliphatic carbocycles. The lowest BCUT2D eigenvalue weighted by atomic mass is 10.1. The van der Waals surface area contributed by atoms with Crippen molar-refractivity contribution in [2.24, 2.45) is 0 Å². The molecule has 1 fully saturated rings. The molecule has 1 saturated heterocycles. The van der Waals surface area contributed by atoms with Gasteiger partial charge in [0.2, 0.25) is 0 Å². The highest BCUT2D eigenvalue weighted by atomic mass is 16.5. The van der Waals surface area contributed by atoms with Gasteiger partial charge in [0.15, 0.2) is 0 Å². The van der Waals surface area contributed by atoms with Gasteiger partial charge in [0.05, 0.1) is 6.61 Å². The monoisotopic (exact) mass is 233 g/mol. The predicted molar refractivity (Wildman–Crippen MR) is 66.6 cm³/mol. The van der Waals surface area contributed by atoms with E-state index in [0.29, 0.717) is 6.61 Å². The van der Waals surface area contributed by atoms with Crippen LogP contribution in [0.4, 0.5) is 0 Å². The molecule has 3 nitrogen and oxygen atoms in total. The van der Waals surface area contributed by atoms with Crippen LogP contribution in [-0.4, -0.2) is 29.6 Å². The Morgan fingerprint density at radius 1 is 1.41 bits per heavy atom. The van der Waals surface area contributed by atoms with E-state index in [1.165, 1.54) is 5.56 Å². The Kier molecular flexibility index (Phi) is 3.48. The molecule has 0 radical (unpaired) electrons. The van der Waals surface area contributed by atoms with E-state index in [4.69, 9.17) is 4.74 Å². The third kappa shape index (κ3) is 2.34. The standard InChI is InChI=1S/C14H19NO2/c1-4-17-14(16)13-11(3)15(13)10(2)12-8-6-5-7-9-12/h5-11,13H,4H2,1-3H3/t10-,11-,13-,15?/m1/s1. The second-order valence-corrected chi connectivity index (χ2v) is 4.47. The van der Waals surface area contributed by atoms with Gasteiger partial charge in [-0.05, 0) is 26.3 Å². The van der Waals surface area contributed by atoms with Crippen LogP contribution < -0.4 is 0 Å². The van der Waals surface area contributed by atoms with Crippen molar-refractivity contribution in [2.45, 2.75) is 38.9 Å². The molecule has 1 heterocycles. The zero-order valence-electron chi connectivity index (χ0n) is 10.6. The molecule has 1 unspecified atom stereocenters. The van der Waals surface area contributed by atoms with E-state index in [0.717, 1.165) is 0 Å². The van der Waals surface area contributed by atoms with Crippen molar-refractivity contribution in [3.8, 4) is 0 Å². The lowest BCUT2D eigenvalue weighted by molar-refractivity contribution is -0.143. The molecule has 0 spiro atoms. The molecule has 0 bridgehead atoms. The molecule has 4 atom stereocenters. The average Bonchev–Trinajstić information content (AvgIpc) is 3.01. The number of rotatable bonds is 4. The maximum absolute atomic E-state index is 11.7. The highest BCUT2D eigenvalue weighted by molar-refractivity contribution is 5.80. The first kappa shape index (κ1) is 12.1. The van der Waals surface area contributed by atoms with Gasteiger partial charge in [-0.3, -0.25) is 9.69 Å². The Balaban J connectivity index is 2.03. The van der Waals surface area contributed by atoms with Gasteiger partial charge >= 0.3 is 5.97 Å². The van der Waals surface area contributed by atoms with Gasteiger partial charge in [-0.25, -0.2) is 0 Å². The van der Waals surface area contributed by atoms with Gasteiger partial charge in [0.25, 0.3) is 0 Å². The van der Waals surface area contributed by atoms with Crippen LogP contribution in [0, 0.1) is 0 Å². The lowest BCUT2D eigenvalue weighted by Crippen LogP contribution is -2.18. The normalized spacial score (nSPS) is 28.5. The summed E-state index contributed by atoms with van der Waals surface area (Å²) in [6.45, 7) is 6.50. The Hall–Kier alpha value is -1.35. The summed E-state index contributed by atoms with van der Waals surface area (Å²) in [5, 5.41) is 0. The fourth-order valence-corrected chi connectivity index (χ4v) is 2.41. The molecule has 2 rings (SSSR count). The summed E-state index contributed by atoms with van der Waals surface area (Å²) in [4.78, 5) is 13.9. The van der Waals surface area contributed by atoms with Gasteiger partial charge in [0.1, 0.15) is 6.04 Å². The summed E-state index contributed by atoms with van der Waals surface area (Å²) < 4.78 is 5.07. The molecule has 0 aromatic heterocycles. The highest BCUT2D eigenvalue weighted by Gasteiger charge is 2.52. The second kappa shape index (κ2) is 4.88. The van der Waals surface area contributed by atoms with E-state index in [9.17, 15) is 4.79 Å². The molecule has 0 N–H and O–H groups in total. The number of esters is 1. The number of carbonyl (C=O) groups is 1. The Bertz CT molecular complexity index is 390. The second-order valence-electron chi connectivity index (χ2n) is 4.47. The lowest BCUT2D eigenvalue weighted by Gasteiger charge is -2.14. The number of carbonyl (C=O) groups excluding carboxylic acids is 1. The first-order chi connectivity index (χ1) is 8.16. The molecule has 0 saturated carbocycles. The van der Waals surface area contributed by atoms with Crippen LogP contribution in [-0.2, 0) is 9.53 Å². The molecule has 17 heavy (non-hydrogen) atoms. The first-order valence-corrected chi connectivity index (χ1v) is 6.15. The Morgan fingerprint density at radius 2 is 2.06 bits per heavy atom. The average molecular weight is 233 g/mol. The summed E-state index contributed by atoms with van der Waals surface area (Å²) >= 11 is 0. The Labute approximate surface area is 102 Å². The summed E-state index contributed by atoms with van der Waals surface area (Å²) in [6, 6.07) is 10.7. The van der Waals surface area contributed by atoms with Crippen LogP contribution in [0.3, 0.4) is 0 Å². The summed E-state index contributed by atoms with van der Waals surface area (Å²) in [5.74, 6) is -0.0946. The third-order valence-corrected chi connectivity index (χ3v) is 3.42. The number of benzene rings is 1. The van der Waals surface area contributed by atoms with Gasteiger partial charge in [-0.15, -0.1) is 0 Å². The summed E-state index contributed by atoms with van der Waals surface area (Å²) in [6.07, 6.45) is 0. The van der Waals surface area contributed by atoms with Gasteiger partial charge in [0, 0.05) is 12.1 Å². The summed E-state index contributed by atoms with van der Waals surface area (Å²) in [7, 11) is 0. The van der Waals surface area contributed by atoms with E-state index >= 15 is 0 Å². The maximum atomic E-state index is 11.7. The molecular weight excluding hydrogens is 214 g/mol. The minimum Gasteiger partial charge on any atom is -0.465 e. The SMILES string of the molecule is CCOC(=O)[C@H]1[C@@H](C)N1[C@H](C)c1ccccc1. The molecular formula is C14H19NO2. The zero-order valence-corrected chi connectivity index (χ0v) is 10.6. The van der Waals surface area contributed by atoms with Gasteiger partial charge in [-0.2, -0.15) is 0 Å². The van der Waals surface area contributed by atoms with Gasteiger partial charge in [-0.1, -0.05) is 30.3 Å². The molecule has 1 aliphatic rings. The fraction of sp³-hybridized carbons (Fsp3) is 0.500. The van der Waals surface area contributed by atoms with Crippen molar-refractivity contribution in [3.05, 3.63) is 35.9 Å². The van der Waals surface area contributed by atoms with Crippen LogP contribution in [0.15, 0.2) is 30.3 Å². The smallest absolute Gasteiger partial charge is 0.325 e. The predicted octanol–water partition coefficient (Wildman–Crippen LogP) is 2.38. The van der Waals surface area contributed by atoms with Crippen molar-refractivity contribution < 1.29 is 9.53 Å². The van der Waals surface area contributed by atoms with E-state index < -0.39 is 0 Å². The maximum Gasteiger partial charge on any atom is 0.325 e. The van der Waals surface area contributed by atoms with Crippen molar-refractivity contribution in [3.63, 3.8) is 0 Å². The third-order valence-electron chi connectivity index (χ3n) is 3.42. The van der Waals surface area contributed by atoms with Crippen molar-refractivity contribution in [1.29, 1.82) is 0 Å². The van der Waals surface area contributed by atoms with Crippen LogP contribution in [0.2, 0.25) is 0 Å². The quantitative estimate of drug-likeness (QED) is 0.590. The first-order valence-electron chi connectivity index (χ1n) is 6.15. The fourth-order valence-electron chi connectivity index (χ4n) is 2.41. The molecule has 1 aromatic rings. The number of ether oxygens (including phenoxy) is 1. The van der Waals surface area contributed by atoms with Crippen molar-refractivity contribution in [1.82, 2.24) is 4.90 Å². The Morgan fingerprint density at radius 3 is 2.65 bits per heavy atom. The molecule has 92 valence electrons. The molecule has 1 aliphatic heterocycles. The van der Waals surface area contributed by atoms with Crippen molar-refractivity contribution >= 4 is 5.97 Å². The largest absolute Gasteiger partial charge is 0.465 e. The number of hydrogen-bond acceptors (Lipinski definition) is 3. The van der Waals surface area contributed by atoms with Crippen LogP contribution in [0.25, 0.3) is 0 Å². The number of nitrogens with zero attached hydrogens (tertiary/aromatic N) is 1. The molecule has 1 aromatic carbocycles. The molecule has 3 heteroatoms. The number of hydrogen-bond donors (Lipinski definition) is 0. The van der Waals surface area contributed by atoms with Crippen molar-refractivity contribution in [2.75, 3.05) is 6.61 Å².